The molecule has 0 radical (unpaired) electrons. The molecule has 1 aromatic heterocycles. The maximum Gasteiger partial charge on any atom is 0.141 e. The Bertz CT molecular complexity index is 238. The number of aryl methyl sites for hydroxylation is 1. The number of rotatable bonds is 1. The van der Waals surface area contributed by atoms with Crippen molar-refractivity contribution in [3.63, 3.8) is 0 Å². The van der Waals surface area contributed by atoms with Gasteiger partial charge in [0.25, 0.3) is 0 Å². The van der Waals surface area contributed by atoms with Gasteiger partial charge in [0.15, 0.2) is 0 Å². The molecule has 3 heteroatoms. The molecule has 0 aliphatic carbocycles. The van der Waals surface area contributed by atoms with E-state index in [-0.39, 0.29) is 0 Å². The molecule has 0 amide bonds. The normalized spacial score (nSPS) is 24.3. The van der Waals surface area contributed by atoms with Gasteiger partial charge in [0.05, 0.1) is 5.69 Å². The summed E-state index contributed by atoms with van der Waals surface area (Å²) in [7, 11) is 0. The Kier molecular flexibility index (Phi) is 1.66. The molecule has 0 bridgehead atoms. The first kappa shape index (κ1) is 6.85. The van der Waals surface area contributed by atoms with Gasteiger partial charge in [0.1, 0.15) is 5.76 Å². The molecule has 1 aliphatic heterocycles. The summed E-state index contributed by atoms with van der Waals surface area (Å²) in [6.07, 6.45) is 1.18. The molecule has 0 spiro atoms. The van der Waals surface area contributed by atoms with Crippen molar-refractivity contribution in [2.24, 2.45) is 0 Å². The van der Waals surface area contributed by atoms with Crippen LogP contribution in [0, 0.1) is 6.92 Å². The van der Waals surface area contributed by atoms with E-state index in [9.17, 15) is 0 Å². The minimum Gasteiger partial charge on any atom is -0.361 e. The van der Waals surface area contributed by atoms with Gasteiger partial charge in [-0.2, -0.15) is 0 Å². The summed E-state index contributed by atoms with van der Waals surface area (Å²) in [5.41, 5.74) is 0.979. The van der Waals surface area contributed by atoms with Gasteiger partial charge in [0.2, 0.25) is 0 Å². The average molecular weight is 152 g/mol. The Hall–Kier alpha value is -0.830. The third-order valence-corrected chi connectivity index (χ3v) is 2.11. The van der Waals surface area contributed by atoms with E-state index in [2.05, 4.69) is 10.5 Å². The quantitative estimate of drug-likeness (QED) is 0.654. The molecule has 0 aromatic carbocycles. The lowest BCUT2D eigenvalue weighted by atomic mass is 10.1. The first-order valence-electron chi connectivity index (χ1n) is 4.00. The first-order valence-corrected chi connectivity index (χ1v) is 4.00. The Labute approximate surface area is 65.8 Å². The largest absolute Gasteiger partial charge is 0.361 e. The standard InChI is InChI=1S/C8H12N2O/c1-6-4-8(11-10-6)7-2-3-9-5-7/h4,7,9H,2-3,5H2,1H3. The Morgan fingerprint density at radius 1 is 1.73 bits per heavy atom. The van der Waals surface area contributed by atoms with Crippen LogP contribution in [0.25, 0.3) is 0 Å². The second-order valence-corrected chi connectivity index (χ2v) is 3.06. The highest BCUT2D eigenvalue weighted by Gasteiger charge is 2.19. The van der Waals surface area contributed by atoms with Gasteiger partial charge in [-0.15, -0.1) is 0 Å². The second-order valence-electron chi connectivity index (χ2n) is 3.06. The van der Waals surface area contributed by atoms with E-state index in [0.717, 1.165) is 24.5 Å². The molecule has 2 heterocycles. The highest BCUT2D eigenvalue weighted by Crippen LogP contribution is 2.22. The van der Waals surface area contributed by atoms with Crippen LogP contribution in [0.3, 0.4) is 0 Å². The fraction of sp³-hybridized carbons (Fsp3) is 0.625. The van der Waals surface area contributed by atoms with E-state index in [1.165, 1.54) is 6.42 Å². The van der Waals surface area contributed by atoms with Gasteiger partial charge in [0, 0.05) is 18.5 Å². The molecular formula is C8H12N2O. The van der Waals surface area contributed by atoms with Crippen LogP contribution in [0.5, 0.6) is 0 Å². The third kappa shape index (κ3) is 1.28. The molecule has 1 aliphatic rings. The van der Waals surface area contributed by atoms with Crippen molar-refractivity contribution >= 4 is 0 Å². The van der Waals surface area contributed by atoms with Gasteiger partial charge < -0.3 is 9.84 Å². The van der Waals surface area contributed by atoms with Gasteiger partial charge in [-0.1, -0.05) is 5.16 Å². The highest BCUT2D eigenvalue weighted by atomic mass is 16.5. The zero-order valence-electron chi connectivity index (χ0n) is 6.63. The summed E-state index contributed by atoms with van der Waals surface area (Å²) in [6, 6.07) is 2.03. The molecule has 1 N–H and O–H groups in total. The van der Waals surface area contributed by atoms with E-state index < -0.39 is 0 Å². The van der Waals surface area contributed by atoms with Crippen LogP contribution in [0.1, 0.15) is 23.8 Å². The molecule has 1 saturated heterocycles. The highest BCUT2D eigenvalue weighted by molar-refractivity contribution is 5.10. The zero-order chi connectivity index (χ0) is 7.68. The summed E-state index contributed by atoms with van der Waals surface area (Å²) < 4.78 is 5.16. The van der Waals surface area contributed by atoms with E-state index in [0.29, 0.717) is 5.92 Å². The summed E-state index contributed by atoms with van der Waals surface area (Å²) in [5.74, 6) is 1.59. The average Bonchev–Trinajstić information content (AvgIpc) is 2.55. The molecule has 1 fully saturated rings. The lowest BCUT2D eigenvalue weighted by molar-refractivity contribution is 0.362. The van der Waals surface area contributed by atoms with Crippen molar-refractivity contribution in [2.45, 2.75) is 19.3 Å². The Morgan fingerprint density at radius 2 is 2.64 bits per heavy atom. The number of aromatic nitrogens is 1. The molecule has 1 aromatic rings. The predicted octanol–water partition coefficient (Wildman–Crippen LogP) is 1.06. The number of nitrogens with zero attached hydrogens (tertiary/aromatic N) is 1. The molecule has 2 rings (SSSR count). The summed E-state index contributed by atoms with van der Waals surface area (Å²) in [4.78, 5) is 0. The lowest BCUT2D eigenvalue weighted by Crippen LogP contribution is -2.07. The predicted molar refractivity (Wildman–Crippen MR) is 41.5 cm³/mol. The van der Waals surface area contributed by atoms with Crippen LogP contribution in [0.2, 0.25) is 0 Å². The maximum atomic E-state index is 5.16. The minimum atomic E-state index is 0.552. The van der Waals surface area contributed by atoms with E-state index in [4.69, 9.17) is 4.52 Å². The van der Waals surface area contributed by atoms with E-state index in [1.807, 2.05) is 13.0 Å². The van der Waals surface area contributed by atoms with Crippen molar-refractivity contribution in [1.82, 2.24) is 10.5 Å². The molecule has 3 nitrogen and oxygen atoms in total. The van der Waals surface area contributed by atoms with Gasteiger partial charge in [-0.3, -0.25) is 0 Å². The Morgan fingerprint density at radius 3 is 3.18 bits per heavy atom. The van der Waals surface area contributed by atoms with Gasteiger partial charge in [-0.25, -0.2) is 0 Å². The van der Waals surface area contributed by atoms with E-state index in [1.54, 1.807) is 0 Å². The first-order chi connectivity index (χ1) is 5.36. The maximum absolute atomic E-state index is 5.16. The fourth-order valence-corrected chi connectivity index (χ4v) is 1.47. The van der Waals surface area contributed by atoms with Crippen molar-refractivity contribution in [2.75, 3.05) is 13.1 Å². The smallest absolute Gasteiger partial charge is 0.141 e. The van der Waals surface area contributed by atoms with E-state index >= 15 is 0 Å². The number of hydrogen-bond acceptors (Lipinski definition) is 3. The number of nitrogens with one attached hydrogen (secondary N) is 1. The van der Waals surface area contributed by atoms with Crippen LogP contribution in [-0.4, -0.2) is 18.2 Å². The van der Waals surface area contributed by atoms with Crippen LogP contribution in [0.15, 0.2) is 10.6 Å². The SMILES string of the molecule is Cc1cc(C2CCNC2)on1. The topological polar surface area (TPSA) is 38.1 Å². The molecule has 1 atom stereocenters. The lowest BCUT2D eigenvalue weighted by Gasteiger charge is -1.99. The van der Waals surface area contributed by atoms with Crippen LogP contribution in [-0.2, 0) is 0 Å². The van der Waals surface area contributed by atoms with Gasteiger partial charge >= 0.3 is 0 Å². The molecule has 11 heavy (non-hydrogen) atoms. The van der Waals surface area contributed by atoms with Crippen molar-refractivity contribution in [3.05, 3.63) is 17.5 Å². The summed E-state index contributed by atoms with van der Waals surface area (Å²) in [5, 5.41) is 7.15. The second kappa shape index (κ2) is 2.66. The minimum absolute atomic E-state index is 0.552. The van der Waals surface area contributed by atoms with Gasteiger partial charge in [-0.05, 0) is 19.9 Å². The number of hydrogen-bond donors (Lipinski definition) is 1. The van der Waals surface area contributed by atoms with Crippen LogP contribution in [0.4, 0.5) is 0 Å². The van der Waals surface area contributed by atoms with Crippen molar-refractivity contribution < 1.29 is 4.52 Å². The summed E-state index contributed by atoms with van der Waals surface area (Å²) >= 11 is 0. The summed E-state index contributed by atoms with van der Waals surface area (Å²) in [6.45, 7) is 4.09. The van der Waals surface area contributed by atoms with Crippen molar-refractivity contribution in [1.29, 1.82) is 0 Å². The molecule has 0 saturated carbocycles. The van der Waals surface area contributed by atoms with Crippen LogP contribution < -0.4 is 5.32 Å². The fourth-order valence-electron chi connectivity index (χ4n) is 1.47. The third-order valence-electron chi connectivity index (χ3n) is 2.11. The van der Waals surface area contributed by atoms with Crippen LogP contribution >= 0.6 is 0 Å². The molecular weight excluding hydrogens is 140 g/mol. The molecule has 1 unspecified atom stereocenters. The zero-order valence-corrected chi connectivity index (χ0v) is 6.63. The monoisotopic (exact) mass is 152 g/mol. The Balaban J connectivity index is 2.15. The van der Waals surface area contributed by atoms with Crippen molar-refractivity contribution in [3.8, 4) is 0 Å². The molecule has 60 valence electrons.